The van der Waals surface area contributed by atoms with Crippen molar-refractivity contribution in [2.75, 3.05) is 39.3 Å². The van der Waals surface area contributed by atoms with E-state index in [9.17, 15) is 0 Å². The molecule has 2 fully saturated rings. The fourth-order valence-corrected chi connectivity index (χ4v) is 4.18. The molecule has 26 heavy (non-hydrogen) atoms. The standard InChI is InChI=1S/C20H29N5O/c1-16-5-4-10-25(15-16)14-13-24-11-7-17(8-12-24)20-22-19(23-26-20)18-6-2-3-9-21-18/h2-3,6,9,16-17H,4-5,7-8,10-15H2,1H3. The molecule has 0 spiro atoms. The second-order valence-corrected chi connectivity index (χ2v) is 7.84. The number of aromatic nitrogens is 3. The molecule has 2 aliphatic rings. The Morgan fingerprint density at radius 1 is 1.08 bits per heavy atom. The lowest BCUT2D eigenvalue weighted by Gasteiger charge is -2.35. The first-order valence-electron chi connectivity index (χ1n) is 9.97. The van der Waals surface area contributed by atoms with Crippen LogP contribution >= 0.6 is 0 Å². The molecule has 0 aromatic carbocycles. The maximum atomic E-state index is 5.53. The van der Waals surface area contributed by atoms with E-state index in [1.165, 1.54) is 39.0 Å². The van der Waals surface area contributed by atoms with Gasteiger partial charge in [-0.25, -0.2) is 0 Å². The van der Waals surface area contributed by atoms with Crippen LogP contribution in [0.25, 0.3) is 11.5 Å². The van der Waals surface area contributed by atoms with Crippen LogP contribution < -0.4 is 0 Å². The van der Waals surface area contributed by atoms with Crippen molar-refractivity contribution in [3.63, 3.8) is 0 Å². The Morgan fingerprint density at radius 2 is 1.92 bits per heavy atom. The van der Waals surface area contributed by atoms with Crippen LogP contribution in [0.2, 0.25) is 0 Å². The largest absolute Gasteiger partial charge is 0.339 e. The molecule has 6 heteroatoms. The minimum absolute atomic E-state index is 0.381. The zero-order valence-corrected chi connectivity index (χ0v) is 15.7. The second-order valence-electron chi connectivity index (χ2n) is 7.84. The monoisotopic (exact) mass is 355 g/mol. The first-order chi connectivity index (χ1) is 12.8. The quantitative estimate of drug-likeness (QED) is 0.822. The molecule has 2 saturated heterocycles. The Labute approximate surface area is 155 Å². The molecule has 0 saturated carbocycles. The van der Waals surface area contributed by atoms with Gasteiger partial charge in [-0.1, -0.05) is 18.1 Å². The van der Waals surface area contributed by atoms with Crippen LogP contribution in [-0.4, -0.2) is 64.2 Å². The predicted octanol–water partition coefficient (Wildman–Crippen LogP) is 3.04. The zero-order valence-electron chi connectivity index (χ0n) is 15.7. The summed E-state index contributed by atoms with van der Waals surface area (Å²) in [5, 5.41) is 4.12. The van der Waals surface area contributed by atoms with Crippen LogP contribution in [0.3, 0.4) is 0 Å². The van der Waals surface area contributed by atoms with Gasteiger partial charge in [-0.3, -0.25) is 4.98 Å². The maximum Gasteiger partial charge on any atom is 0.230 e. The summed E-state index contributed by atoms with van der Waals surface area (Å²) in [6.45, 7) is 9.56. The summed E-state index contributed by atoms with van der Waals surface area (Å²) < 4.78 is 5.53. The van der Waals surface area contributed by atoms with Gasteiger partial charge >= 0.3 is 0 Å². The van der Waals surface area contributed by atoms with Gasteiger partial charge in [-0.05, 0) is 63.4 Å². The molecule has 0 radical (unpaired) electrons. The van der Waals surface area contributed by atoms with Crippen molar-refractivity contribution in [1.29, 1.82) is 0 Å². The molecule has 4 heterocycles. The van der Waals surface area contributed by atoms with Crippen LogP contribution in [0.1, 0.15) is 44.4 Å². The van der Waals surface area contributed by atoms with Gasteiger partial charge in [0.05, 0.1) is 0 Å². The van der Waals surface area contributed by atoms with Crippen LogP contribution in [0.4, 0.5) is 0 Å². The summed E-state index contributed by atoms with van der Waals surface area (Å²) >= 11 is 0. The molecule has 0 N–H and O–H groups in total. The van der Waals surface area contributed by atoms with Crippen LogP contribution in [0, 0.1) is 5.92 Å². The van der Waals surface area contributed by atoms with Crippen molar-refractivity contribution >= 4 is 0 Å². The topological polar surface area (TPSA) is 58.3 Å². The summed E-state index contributed by atoms with van der Waals surface area (Å²) in [6.07, 6.45) is 6.71. The van der Waals surface area contributed by atoms with Gasteiger partial charge in [0, 0.05) is 31.7 Å². The summed E-state index contributed by atoms with van der Waals surface area (Å²) in [4.78, 5) is 14.1. The van der Waals surface area contributed by atoms with E-state index in [0.29, 0.717) is 11.7 Å². The molecule has 2 aromatic heterocycles. The van der Waals surface area contributed by atoms with E-state index in [1.807, 2.05) is 18.2 Å². The molecular formula is C20H29N5O. The number of piperidine rings is 2. The summed E-state index contributed by atoms with van der Waals surface area (Å²) in [7, 11) is 0. The molecule has 0 amide bonds. The molecular weight excluding hydrogens is 326 g/mol. The van der Waals surface area contributed by atoms with Crippen LogP contribution in [0.5, 0.6) is 0 Å². The Balaban J connectivity index is 1.25. The molecule has 2 aliphatic heterocycles. The van der Waals surface area contributed by atoms with Gasteiger partial charge in [0.15, 0.2) is 0 Å². The Bertz CT molecular complexity index is 681. The lowest BCUT2D eigenvalue weighted by Crippen LogP contribution is -2.42. The van der Waals surface area contributed by atoms with E-state index in [0.717, 1.165) is 43.4 Å². The van der Waals surface area contributed by atoms with Crippen LogP contribution in [-0.2, 0) is 0 Å². The molecule has 0 bridgehead atoms. The molecule has 140 valence electrons. The third-order valence-corrected chi connectivity index (χ3v) is 5.75. The van der Waals surface area contributed by atoms with Gasteiger partial charge in [-0.2, -0.15) is 4.98 Å². The average Bonchev–Trinajstić information content (AvgIpc) is 3.18. The number of rotatable bonds is 5. The smallest absolute Gasteiger partial charge is 0.230 e. The third-order valence-electron chi connectivity index (χ3n) is 5.75. The minimum Gasteiger partial charge on any atom is -0.339 e. The normalized spacial score (nSPS) is 23.3. The van der Waals surface area contributed by atoms with Gasteiger partial charge in [-0.15, -0.1) is 0 Å². The number of nitrogens with zero attached hydrogens (tertiary/aromatic N) is 5. The highest BCUT2D eigenvalue weighted by Gasteiger charge is 2.26. The Kier molecular flexibility index (Phi) is 5.60. The van der Waals surface area contributed by atoms with Crippen LogP contribution in [0.15, 0.2) is 28.9 Å². The second kappa shape index (κ2) is 8.27. The molecule has 4 rings (SSSR count). The summed E-state index contributed by atoms with van der Waals surface area (Å²) in [5.41, 5.74) is 0.774. The third kappa shape index (κ3) is 4.30. The van der Waals surface area contributed by atoms with Crippen molar-refractivity contribution in [1.82, 2.24) is 24.9 Å². The number of hydrogen-bond acceptors (Lipinski definition) is 6. The van der Waals surface area contributed by atoms with E-state index >= 15 is 0 Å². The van der Waals surface area contributed by atoms with Crippen molar-refractivity contribution < 1.29 is 4.52 Å². The highest BCUT2D eigenvalue weighted by atomic mass is 16.5. The van der Waals surface area contributed by atoms with E-state index in [2.05, 4.69) is 31.8 Å². The molecule has 6 nitrogen and oxygen atoms in total. The van der Waals surface area contributed by atoms with Gasteiger partial charge in [0.25, 0.3) is 0 Å². The Hall–Kier alpha value is -1.79. The number of likely N-dealkylation sites (tertiary alicyclic amines) is 2. The van der Waals surface area contributed by atoms with Gasteiger partial charge in [0.1, 0.15) is 5.69 Å². The summed E-state index contributed by atoms with van der Waals surface area (Å²) in [6, 6.07) is 5.75. The maximum absolute atomic E-state index is 5.53. The summed E-state index contributed by atoms with van der Waals surface area (Å²) in [5.74, 6) is 2.61. The average molecular weight is 355 g/mol. The first kappa shape index (κ1) is 17.6. The van der Waals surface area contributed by atoms with Crippen molar-refractivity contribution in [3.8, 4) is 11.5 Å². The van der Waals surface area contributed by atoms with Gasteiger partial charge < -0.3 is 14.3 Å². The van der Waals surface area contributed by atoms with E-state index in [-0.39, 0.29) is 0 Å². The highest BCUT2D eigenvalue weighted by Crippen LogP contribution is 2.28. The highest BCUT2D eigenvalue weighted by molar-refractivity contribution is 5.47. The first-order valence-corrected chi connectivity index (χ1v) is 9.97. The van der Waals surface area contributed by atoms with E-state index < -0.39 is 0 Å². The molecule has 0 aliphatic carbocycles. The lowest BCUT2D eigenvalue weighted by atomic mass is 9.96. The van der Waals surface area contributed by atoms with Crippen molar-refractivity contribution in [2.24, 2.45) is 5.92 Å². The van der Waals surface area contributed by atoms with Crippen molar-refractivity contribution in [2.45, 2.75) is 38.5 Å². The molecule has 1 unspecified atom stereocenters. The van der Waals surface area contributed by atoms with E-state index in [1.54, 1.807) is 6.20 Å². The Morgan fingerprint density at radius 3 is 2.69 bits per heavy atom. The molecule has 1 atom stereocenters. The predicted molar refractivity (Wildman–Crippen MR) is 101 cm³/mol. The lowest BCUT2D eigenvalue weighted by molar-refractivity contribution is 0.136. The van der Waals surface area contributed by atoms with Gasteiger partial charge in [0.2, 0.25) is 11.7 Å². The van der Waals surface area contributed by atoms with Crippen molar-refractivity contribution in [3.05, 3.63) is 30.3 Å². The van der Waals surface area contributed by atoms with E-state index in [4.69, 9.17) is 4.52 Å². The fourth-order valence-electron chi connectivity index (χ4n) is 4.18. The number of pyridine rings is 1. The fraction of sp³-hybridized carbons (Fsp3) is 0.650. The molecule has 2 aromatic rings. The zero-order chi connectivity index (χ0) is 17.8. The number of hydrogen-bond donors (Lipinski definition) is 0. The SMILES string of the molecule is CC1CCCN(CCN2CCC(c3nc(-c4ccccn4)no3)CC2)C1. The minimum atomic E-state index is 0.381.